The first-order valence-corrected chi connectivity index (χ1v) is 5.64. The lowest BCUT2D eigenvalue weighted by molar-refractivity contribution is 0.0934. The first kappa shape index (κ1) is 13.7. The van der Waals surface area contributed by atoms with Gasteiger partial charge in [0, 0.05) is 18.8 Å². The average molecular weight is 257 g/mol. The van der Waals surface area contributed by atoms with Crippen LogP contribution in [0.5, 0.6) is 0 Å². The predicted molar refractivity (Wildman–Crippen MR) is 69.1 cm³/mol. The normalized spacial score (nSPS) is 12.5. The van der Waals surface area contributed by atoms with E-state index in [0.717, 1.165) is 6.54 Å². The van der Waals surface area contributed by atoms with Gasteiger partial charge in [0.15, 0.2) is 0 Å². The van der Waals surface area contributed by atoms with Crippen LogP contribution < -0.4 is 11.1 Å². The molecule has 0 aliphatic rings. The molecule has 0 saturated heterocycles. The van der Waals surface area contributed by atoms with Gasteiger partial charge in [-0.15, -0.1) is 0 Å². The SMILES string of the molecule is CC(CN(C)C)NC(=O)c1cnc(N)c(Cl)c1. The first-order chi connectivity index (χ1) is 7.90. The molecule has 1 aromatic rings. The number of aromatic nitrogens is 1. The first-order valence-electron chi connectivity index (χ1n) is 5.26. The van der Waals surface area contributed by atoms with E-state index in [1.165, 1.54) is 12.3 Å². The van der Waals surface area contributed by atoms with E-state index in [-0.39, 0.29) is 22.8 Å². The van der Waals surface area contributed by atoms with Crippen molar-refractivity contribution in [1.29, 1.82) is 0 Å². The van der Waals surface area contributed by atoms with Crippen LogP contribution in [0.25, 0.3) is 0 Å². The van der Waals surface area contributed by atoms with Crippen LogP contribution >= 0.6 is 11.6 Å². The molecule has 1 amide bonds. The van der Waals surface area contributed by atoms with E-state index in [1.807, 2.05) is 25.9 Å². The van der Waals surface area contributed by atoms with Gasteiger partial charge in [-0.05, 0) is 27.1 Å². The van der Waals surface area contributed by atoms with Crippen molar-refractivity contribution in [1.82, 2.24) is 15.2 Å². The van der Waals surface area contributed by atoms with E-state index in [4.69, 9.17) is 17.3 Å². The minimum atomic E-state index is -0.200. The van der Waals surface area contributed by atoms with Crippen LogP contribution in [0, 0.1) is 0 Å². The molecule has 0 aromatic carbocycles. The van der Waals surface area contributed by atoms with Crippen LogP contribution in [0.2, 0.25) is 5.02 Å². The maximum Gasteiger partial charge on any atom is 0.253 e. The molecule has 1 aromatic heterocycles. The zero-order valence-corrected chi connectivity index (χ0v) is 11.0. The van der Waals surface area contributed by atoms with Gasteiger partial charge in [-0.1, -0.05) is 11.6 Å². The Morgan fingerprint density at radius 3 is 2.82 bits per heavy atom. The number of pyridine rings is 1. The molecule has 0 saturated carbocycles. The van der Waals surface area contributed by atoms with Crippen molar-refractivity contribution in [2.75, 3.05) is 26.4 Å². The molecule has 17 heavy (non-hydrogen) atoms. The summed E-state index contributed by atoms with van der Waals surface area (Å²) in [4.78, 5) is 17.7. The third kappa shape index (κ3) is 4.20. The monoisotopic (exact) mass is 256 g/mol. The summed E-state index contributed by atoms with van der Waals surface area (Å²) in [6.07, 6.45) is 1.42. The number of carbonyl (C=O) groups excluding carboxylic acids is 1. The van der Waals surface area contributed by atoms with Gasteiger partial charge in [0.1, 0.15) is 5.82 Å². The molecule has 0 spiro atoms. The second-order valence-electron chi connectivity index (χ2n) is 4.23. The number of anilines is 1. The van der Waals surface area contributed by atoms with Gasteiger partial charge < -0.3 is 16.0 Å². The average Bonchev–Trinajstić information content (AvgIpc) is 2.20. The maximum absolute atomic E-state index is 11.8. The van der Waals surface area contributed by atoms with Crippen molar-refractivity contribution in [3.63, 3.8) is 0 Å². The summed E-state index contributed by atoms with van der Waals surface area (Å²) < 4.78 is 0. The molecular weight excluding hydrogens is 240 g/mol. The number of nitrogens with one attached hydrogen (secondary N) is 1. The number of nitrogens with two attached hydrogens (primary N) is 1. The zero-order chi connectivity index (χ0) is 13.0. The third-order valence-corrected chi connectivity index (χ3v) is 2.45. The minimum absolute atomic E-state index is 0.0498. The van der Waals surface area contributed by atoms with Crippen molar-refractivity contribution in [2.45, 2.75) is 13.0 Å². The lowest BCUT2D eigenvalue weighted by atomic mass is 10.2. The number of hydrogen-bond donors (Lipinski definition) is 2. The second-order valence-corrected chi connectivity index (χ2v) is 4.64. The van der Waals surface area contributed by atoms with Crippen molar-refractivity contribution >= 4 is 23.3 Å². The Labute approximate surface area is 106 Å². The molecule has 0 radical (unpaired) electrons. The molecule has 1 atom stereocenters. The number of halogens is 1. The molecule has 0 aliphatic carbocycles. The van der Waals surface area contributed by atoms with Crippen molar-refractivity contribution in [3.8, 4) is 0 Å². The number of nitrogens with zero attached hydrogens (tertiary/aromatic N) is 2. The highest BCUT2D eigenvalue weighted by atomic mass is 35.5. The van der Waals surface area contributed by atoms with Crippen LogP contribution in [0.15, 0.2) is 12.3 Å². The van der Waals surface area contributed by atoms with Crippen molar-refractivity contribution in [3.05, 3.63) is 22.8 Å². The molecule has 1 heterocycles. The maximum atomic E-state index is 11.8. The molecule has 1 unspecified atom stereocenters. The highest BCUT2D eigenvalue weighted by Crippen LogP contribution is 2.16. The van der Waals surface area contributed by atoms with Gasteiger partial charge in [0.05, 0.1) is 10.6 Å². The Morgan fingerprint density at radius 2 is 2.29 bits per heavy atom. The van der Waals surface area contributed by atoms with Gasteiger partial charge in [-0.25, -0.2) is 4.98 Å². The van der Waals surface area contributed by atoms with Crippen LogP contribution in [0.4, 0.5) is 5.82 Å². The van der Waals surface area contributed by atoms with E-state index < -0.39 is 0 Å². The van der Waals surface area contributed by atoms with Crippen LogP contribution in [-0.4, -0.2) is 42.5 Å². The van der Waals surface area contributed by atoms with Crippen LogP contribution in [0.3, 0.4) is 0 Å². The molecule has 0 fully saturated rings. The molecule has 6 heteroatoms. The van der Waals surface area contributed by atoms with E-state index >= 15 is 0 Å². The summed E-state index contributed by atoms with van der Waals surface area (Å²) in [6, 6.07) is 1.57. The second kappa shape index (κ2) is 5.84. The third-order valence-electron chi connectivity index (χ3n) is 2.15. The van der Waals surface area contributed by atoms with Crippen LogP contribution in [0.1, 0.15) is 17.3 Å². The lowest BCUT2D eigenvalue weighted by Crippen LogP contribution is -2.39. The van der Waals surface area contributed by atoms with Gasteiger partial charge >= 0.3 is 0 Å². The molecule has 94 valence electrons. The largest absolute Gasteiger partial charge is 0.382 e. The molecule has 0 bridgehead atoms. The summed E-state index contributed by atoms with van der Waals surface area (Å²) in [5.41, 5.74) is 5.89. The van der Waals surface area contributed by atoms with E-state index in [9.17, 15) is 4.79 Å². The Morgan fingerprint density at radius 1 is 1.65 bits per heavy atom. The van der Waals surface area contributed by atoms with E-state index in [1.54, 1.807) is 0 Å². The quantitative estimate of drug-likeness (QED) is 0.843. The Kier molecular flexibility index (Phi) is 4.72. The van der Waals surface area contributed by atoms with Crippen LogP contribution in [-0.2, 0) is 0 Å². The summed E-state index contributed by atoms with van der Waals surface area (Å²) >= 11 is 5.80. The molecule has 3 N–H and O–H groups in total. The smallest absolute Gasteiger partial charge is 0.253 e. The highest BCUT2D eigenvalue weighted by Gasteiger charge is 2.12. The molecule has 5 nitrogen and oxygen atoms in total. The van der Waals surface area contributed by atoms with Gasteiger partial charge in [0.2, 0.25) is 0 Å². The predicted octanol–water partition coefficient (Wildman–Crippen LogP) is 0.997. The Bertz CT molecular complexity index is 408. The summed E-state index contributed by atoms with van der Waals surface area (Å²) in [7, 11) is 3.90. The fourth-order valence-corrected chi connectivity index (χ4v) is 1.64. The summed E-state index contributed by atoms with van der Waals surface area (Å²) in [5.74, 6) is 0.0262. The molecular formula is C11H17ClN4O. The number of carbonyl (C=O) groups is 1. The number of likely N-dealkylation sites (N-methyl/N-ethyl adjacent to an activating group) is 1. The van der Waals surface area contributed by atoms with Crippen molar-refractivity contribution in [2.24, 2.45) is 0 Å². The molecule has 0 aliphatic heterocycles. The van der Waals surface area contributed by atoms with Crippen molar-refractivity contribution < 1.29 is 4.79 Å². The topological polar surface area (TPSA) is 71.2 Å². The fraction of sp³-hybridized carbons (Fsp3) is 0.455. The Hall–Kier alpha value is -1.33. The fourth-order valence-electron chi connectivity index (χ4n) is 1.47. The molecule has 1 rings (SSSR count). The summed E-state index contributed by atoms with van der Waals surface area (Å²) in [6.45, 7) is 2.70. The summed E-state index contributed by atoms with van der Waals surface area (Å²) in [5, 5.41) is 3.14. The van der Waals surface area contributed by atoms with Gasteiger partial charge in [0.25, 0.3) is 5.91 Å². The lowest BCUT2D eigenvalue weighted by Gasteiger charge is -2.18. The number of amides is 1. The number of rotatable bonds is 4. The highest BCUT2D eigenvalue weighted by molar-refractivity contribution is 6.33. The van der Waals surface area contributed by atoms with E-state index in [0.29, 0.717) is 5.56 Å². The minimum Gasteiger partial charge on any atom is -0.382 e. The number of hydrogen-bond acceptors (Lipinski definition) is 4. The zero-order valence-electron chi connectivity index (χ0n) is 10.2. The standard InChI is InChI=1S/C11H17ClN4O/c1-7(6-16(2)3)15-11(17)8-4-9(12)10(13)14-5-8/h4-5,7H,6H2,1-3H3,(H2,13,14)(H,15,17). The van der Waals surface area contributed by atoms with Gasteiger partial charge in [-0.3, -0.25) is 4.79 Å². The van der Waals surface area contributed by atoms with E-state index in [2.05, 4.69) is 10.3 Å². The number of nitrogen functional groups attached to an aromatic ring is 1. The van der Waals surface area contributed by atoms with Gasteiger partial charge in [-0.2, -0.15) is 0 Å². The Balaban J connectivity index is 2.66.